The first-order valence-electron chi connectivity index (χ1n) is 4.40. The molecule has 0 saturated carbocycles. The van der Waals surface area contributed by atoms with Gasteiger partial charge < -0.3 is 0 Å². The highest BCUT2D eigenvalue weighted by atomic mass is 32.2. The molecule has 0 amide bonds. The summed E-state index contributed by atoms with van der Waals surface area (Å²) in [4.78, 5) is 0. The van der Waals surface area contributed by atoms with E-state index in [9.17, 15) is 0 Å². The van der Waals surface area contributed by atoms with Crippen molar-refractivity contribution in [2.75, 3.05) is 0 Å². The van der Waals surface area contributed by atoms with E-state index in [-0.39, 0.29) is 0 Å². The number of thiophene rings is 1. The molecule has 0 aliphatic rings. The minimum atomic E-state index is 0.787. The summed E-state index contributed by atoms with van der Waals surface area (Å²) >= 11 is 5.97. The van der Waals surface area contributed by atoms with E-state index in [2.05, 4.69) is 25.6 Å². The quantitative estimate of drug-likeness (QED) is 0.728. The topological polar surface area (TPSA) is 23.8 Å². The fourth-order valence-electron chi connectivity index (χ4n) is 1.60. The summed E-state index contributed by atoms with van der Waals surface area (Å²) in [7, 11) is 0. The van der Waals surface area contributed by atoms with Crippen molar-refractivity contribution in [3.05, 3.63) is 29.3 Å². The van der Waals surface area contributed by atoms with Crippen molar-refractivity contribution < 1.29 is 0 Å². The van der Waals surface area contributed by atoms with Crippen molar-refractivity contribution in [3.8, 4) is 6.07 Å². The number of nitriles is 1. The lowest BCUT2D eigenvalue weighted by Crippen LogP contribution is -1.86. The van der Waals surface area contributed by atoms with Gasteiger partial charge >= 0.3 is 0 Å². The Morgan fingerprint density at radius 1 is 1.50 bits per heavy atom. The lowest BCUT2D eigenvalue weighted by Gasteiger charge is -2.01. The molecule has 0 radical (unpaired) electrons. The van der Waals surface area contributed by atoms with E-state index in [0.29, 0.717) is 0 Å². The zero-order chi connectivity index (χ0) is 10.1. The van der Waals surface area contributed by atoms with Gasteiger partial charge in [-0.15, -0.1) is 24.0 Å². The van der Waals surface area contributed by atoms with E-state index in [0.717, 1.165) is 21.8 Å². The number of rotatable bonds is 1. The van der Waals surface area contributed by atoms with E-state index in [1.54, 1.807) is 11.3 Å². The average molecular weight is 219 g/mol. The van der Waals surface area contributed by atoms with Gasteiger partial charge in [0.2, 0.25) is 0 Å². The molecule has 0 spiro atoms. The normalized spacial score (nSPS) is 10.4. The third-order valence-corrected chi connectivity index (χ3v) is 3.67. The van der Waals surface area contributed by atoms with Crippen LogP contribution in [0.1, 0.15) is 18.1 Å². The molecule has 2 aromatic rings. The van der Waals surface area contributed by atoms with Gasteiger partial charge in [0.25, 0.3) is 0 Å². The second kappa shape index (κ2) is 3.64. The molecule has 0 aliphatic heterocycles. The first-order valence-corrected chi connectivity index (χ1v) is 5.67. The fraction of sp³-hybridized carbons (Fsp3) is 0.182. The Morgan fingerprint density at radius 2 is 2.29 bits per heavy atom. The zero-order valence-corrected chi connectivity index (χ0v) is 9.45. The van der Waals surface area contributed by atoms with Crippen LogP contribution < -0.4 is 0 Å². The molecule has 0 aliphatic carbocycles. The fourth-order valence-corrected chi connectivity index (χ4v) is 3.03. The third kappa shape index (κ3) is 1.41. The van der Waals surface area contributed by atoms with Crippen LogP contribution in [0.3, 0.4) is 0 Å². The van der Waals surface area contributed by atoms with Gasteiger partial charge in [-0.2, -0.15) is 5.26 Å². The molecule has 0 fully saturated rings. The third-order valence-electron chi connectivity index (χ3n) is 2.25. The van der Waals surface area contributed by atoms with Gasteiger partial charge in [0.15, 0.2) is 0 Å². The predicted octanol–water partition coefficient (Wildman–Crippen LogP) is 3.62. The van der Waals surface area contributed by atoms with Gasteiger partial charge in [-0.1, -0.05) is 13.0 Å². The maximum absolute atomic E-state index is 8.95. The molecule has 0 N–H and O–H groups in total. The van der Waals surface area contributed by atoms with E-state index >= 15 is 0 Å². The van der Waals surface area contributed by atoms with Crippen molar-refractivity contribution in [1.29, 1.82) is 5.26 Å². The molecule has 70 valence electrons. The zero-order valence-electron chi connectivity index (χ0n) is 7.74. The molecule has 3 heteroatoms. The summed E-state index contributed by atoms with van der Waals surface area (Å²) < 4.78 is 2.21. The summed E-state index contributed by atoms with van der Waals surface area (Å²) in [5.41, 5.74) is 1.94. The Bertz CT molecular complexity index is 520. The van der Waals surface area contributed by atoms with Crippen molar-refractivity contribution in [3.63, 3.8) is 0 Å². The first-order chi connectivity index (χ1) is 6.76. The number of nitrogens with zero attached hydrogens (tertiary/aromatic N) is 1. The number of hydrogen-bond donors (Lipinski definition) is 1. The second-order valence-corrected chi connectivity index (χ2v) is 4.90. The van der Waals surface area contributed by atoms with Crippen LogP contribution in [0.4, 0.5) is 0 Å². The number of aryl methyl sites for hydroxylation is 1. The molecule has 0 unspecified atom stereocenters. The van der Waals surface area contributed by atoms with E-state index in [1.165, 1.54) is 10.1 Å². The molecule has 0 saturated heterocycles. The number of hydrogen-bond acceptors (Lipinski definition) is 3. The Morgan fingerprint density at radius 3 is 2.93 bits per heavy atom. The monoisotopic (exact) mass is 219 g/mol. The molecule has 0 atom stereocenters. The highest BCUT2D eigenvalue weighted by Gasteiger charge is 2.07. The van der Waals surface area contributed by atoms with Crippen LogP contribution in [0.5, 0.6) is 0 Å². The van der Waals surface area contributed by atoms with Crippen molar-refractivity contribution in [2.24, 2.45) is 0 Å². The molecule has 1 aromatic heterocycles. The Hall–Kier alpha value is -0.980. The van der Waals surface area contributed by atoms with Crippen LogP contribution in [0.25, 0.3) is 10.1 Å². The van der Waals surface area contributed by atoms with Gasteiger partial charge in [0, 0.05) is 4.70 Å². The molecule has 0 bridgehead atoms. The Labute approximate surface area is 92.4 Å². The van der Waals surface area contributed by atoms with Crippen molar-refractivity contribution in [1.82, 2.24) is 0 Å². The van der Waals surface area contributed by atoms with Crippen LogP contribution in [0.2, 0.25) is 0 Å². The molecule has 2 rings (SSSR count). The summed E-state index contributed by atoms with van der Waals surface area (Å²) in [5, 5.41) is 10.1. The maximum Gasteiger partial charge on any atom is 0.0995 e. The van der Waals surface area contributed by atoms with E-state index in [1.807, 2.05) is 18.2 Å². The van der Waals surface area contributed by atoms with Gasteiger partial charge in [-0.05, 0) is 29.5 Å². The predicted molar refractivity (Wildman–Crippen MR) is 63.2 cm³/mol. The van der Waals surface area contributed by atoms with Crippen LogP contribution in [0, 0.1) is 11.3 Å². The summed E-state index contributed by atoms with van der Waals surface area (Å²) in [6.07, 6.45) is 0.897. The maximum atomic E-state index is 8.95. The van der Waals surface area contributed by atoms with Gasteiger partial charge in [-0.25, -0.2) is 0 Å². The minimum Gasteiger partial charge on any atom is -0.192 e. The van der Waals surface area contributed by atoms with Crippen LogP contribution >= 0.6 is 24.0 Å². The molecule has 14 heavy (non-hydrogen) atoms. The van der Waals surface area contributed by atoms with E-state index in [4.69, 9.17) is 5.26 Å². The van der Waals surface area contributed by atoms with Gasteiger partial charge in [0.05, 0.1) is 15.8 Å². The van der Waals surface area contributed by atoms with Gasteiger partial charge in [-0.3, -0.25) is 0 Å². The summed E-state index contributed by atoms with van der Waals surface area (Å²) in [6, 6.07) is 8.15. The van der Waals surface area contributed by atoms with Crippen molar-refractivity contribution in [2.45, 2.75) is 17.6 Å². The SMILES string of the molecule is CCc1c(C#N)ccc2cc(S)sc12. The number of fused-ring (bicyclic) bond motifs is 1. The molecule has 1 heterocycles. The Balaban J connectivity index is 2.84. The first kappa shape index (κ1) is 9.57. The number of benzene rings is 1. The highest BCUT2D eigenvalue weighted by molar-refractivity contribution is 7.83. The lowest BCUT2D eigenvalue weighted by molar-refractivity contribution is 1.15. The molecule has 1 nitrogen and oxygen atoms in total. The second-order valence-electron chi connectivity index (χ2n) is 3.06. The number of thiol groups is 1. The van der Waals surface area contributed by atoms with Crippen LogP contribution in [-0.2, 0) is 6.42 Å². The average Bonchev–Trinajstić information content (AvgIpc) is 2.56. The standard InChI is InChI=1S/C11H9NS2/c1-2-9-8(6-12)4-3-7-5-10(13)14-11(7)9/h3-5,13H,2H2,1H3. The molecular weight excluding hydrogens is 210 g/mol. The lowest BCUT2D eigenvalue weighted by atomic mass is 10.0. The van der Waals surface area contributed by atoms with E-state index < -0.39 is 0 Å². The minimum absolute atomic E-state index is 0.787. The van der Waals surface area contributed by atoms with Crippen LogP contribution in [-0.4, -0.2) is 0 Å². The molecule has 1 aromatic carbocycles. The summed E-state index contributed by atoms with van der Waals surface area (Å²) in [5.74, 6) is 0. The Kier molecular flexibility index (Phi) is 2.49. The highest BCUT2D eigenvalue weighted by Crippen LogP contribution is 2.32. The van der Waals surface area contributed by atoms with Crippen molar-refractivity contribution >= 4 is 34.1 Å². The largest absolute Gasteiger partial charge is 0.192 e. The van der Waals surface area contributed by atoms with Gasteiger partial charge in [0.1, 0.15) is 0 Å². The molecular formula is C11H9NS2. The van der Waals surface area contributed by atoms with Crippen LogP contribution in [0.15, 0.2) is 22.4 Å². The summed E-state index contributed by atoms with van der Waals surface area (Å²) in [6.45, 7) is 2.08. The smallest absolute Gasteiger partial charge is 0.0995 e.